The van der Waals surface area contributed by atoms with E-state index in [2.05, 4.69) is 11.8 Å². The van der Waals surface area contributed by atoms with Gasteiger partial charge in [0.1, 0.15) is 0 Å². The number of hydrogen-bond donors (Lipinski definition) is 1. The third-order valence-electron chi connectivity index (χ3n) is 2.60. The maximum absolute atomic E-state index is 8.67. The highest BCUT2D eigenvalue weighted by atomic mass is 16.2. The molecule has 0 saturated carbocycles. The van der Waals surface area contributed by atoms with E-state index in [-0.39, 0.29) is 0 Å². The van der Waals surface area contributed by atoms with Gasteiger partial charge >= 0.3 is 0 Å². The third-order valence-corrected chi connectivity index (χ3v) is 2.60. The monoisotopic (exact) mass is 157 g/mol. The Kier molecular flexibility index (Phi) is 3.87. The second kappa shape index (κ2) is 4.73. The van der Waals surface area contributed by atoms with Gasteiger partial charge in [0, 0.05) is 12.6 Å². The largest absolute Gasteiger partial charge is 0.396 e. The molecular weight excluding hydrogens is 138 g/mol. The lowest BCUT2D eigenvalue weighted by atomic mass is 10.1. The Morgan fingerprint density at radius 2 is 2.36 bits per heavy atom. The van der Waals surface area contributed by atoms with E-state index in [9.17, 15) is 0 Å². The van der Waals surface area contributed by atoms with Crippen LogP contribution in [0.1, 0.15) is 32.6 Å². The summed E-state index contributed by atoms with van der Waals surface area (Å²) >= 11 is 0. The fourth-order valence-corrected chi connectivity index (χ4v) is 1.97. The zero-order valence-corrected chi connectivity index (χ0v) is 7.42. The van der Waals surface area contributed by atoms with E-state index in [1.54, 1.807) is 0 Å². The SMILES string of the molecule is CCN1CCCC1CCCO. The summed E-state index contributed by atoms with van der Waals surface area (Å²) in [4.78, 5) is 2.52. The Hall–Kier alpha value is -0.0800. The first-order valence-electron chi connectivity index (χ1n) is 4.73. The molecule has 1 saturated heterocycles. The van der Waals surface area contributed by atoms with Crippen molar-refractivity contribution >= 4 is 0 Å². The zero-order chi connectivity index (χ0) is 8.10. The van der Waals surface area contributed by atoms with Crippen molar-refractivity contribution in [2.45, 2.75) is 38.6 Å². The van der Waals surface area contributed by atoms with E-state index in [1.807, 2.05) is 0 Å². The van der Waals surface area contributed by atoms with Crippen LogP contribution in [0.5, 0.6) is 0 Å². The summed E-state index contributed by atoms with van der Waals surface area (Å²) in [7, 11) is 0. The van der Waals surface area contributed by atoms with Crippen LogP contribution in [0.2, 0.25) is 0 Å². The predicted molar refractivity (Wildman–Crippen MR) is 46.6 cm³/mol. The number of aliphatic hydroxyl groups excluding tert-OH is 1. The quantitative estimate of drug-likeness (QED) is 0.663. The Labute approximate surface area is 69.2 Å². The van der Waals surface area contributed by atoms with Crippen LogP contribution in [0.15, 0.2) is 0 Å². The Bertz CT molecular complexity index is 106. The first-order valence-corrected chi connectivity index (χ1v) is 4.73. The lowest BCUT2D eigenvalue weighted by Gasteiger charge is -2.21. The number of aliphatic hydroxyl groups is 1. The maximum Gasteiger partial charge on any atom is 0.0431 e. The Morgan fingerprint density at radius 1 is 1.55 bits per heavy atom. The van der Waals surface area contributed by atoms with Gasteiger partial charge in [-0.05, 0) is 38.8 Å². The summed E-state index contributed by atoms with van der Waals surface area (Å²) < 4.78 is 0. The summed E-state index contributed by atoms with van der Waals surface area (Å²) in [5.41, 5.74) is 0. The average Bonchev–Trinajstić information content (AvgIpc) is 2.47. The first kappa shape index (κ1) is 9.01. The number of likely N-dealkylation sites (tertiary alicyclic amines) is 1. The molecule has 2 heteroatoms. The molecule has 1 atom stereocenters. The van der Waals surface area contributed by atoms with Gasteiger partial charge in [0.25, 0.3) is 0 Å². The van der Waals surface area contributed by atoms with E-state index in [1.165, 1.54) is 32.4 Å². The average molecular weight is 157 g/mol. The first-order chi connectivity index (χ1) is 5.38. The molecule has 0 aromatic heterocycles. The molecule has 1 aliphatic rings. The lowest BCUT2D eigenvalue weighted by Crippen LogP contribution is -2.29. The number of rotatable bonds is 4. The molecule has 1 unspecified atom stereocenters. The number of nitrogens with zero attached hydrogens (tertiary/aromatic N) is 1. The van der Waals surface area contributed by atoms with Crippen LogP contribution < -0.4 is 0 Å². The minimum atomic E-state index is 0.355. The molecule has 1 N–H and O–H groups in total. The van der Waals surface area contributed by atoms with Crippen LogP contribution in [0.4, 0.5) is 0 Å². The van der Waals surface area contributed by atoms with Crippen molar-refractivity contribution in [3.8, 4) is 0 Å². The number of hydrogen-bond acceptors (Lipinski definition) is 2. The minimum absolute atomic E-state index is 0.355. The van der Waals surface area contributed by atoms with Crippen molar-refractivity contribution in [3.05, 3.63) is 0 Å². The van der Waals surface area contributed by atoms with Crippen molar-refractivity contribution in [1.29, 1.82) is 0 Å². The van der Waals surface area contributed by atoms with Gasteiger partial charge in [-0.3, -0.25) is 0 Å². The van der Waals surface area contributed by atoms with E-state index >= 15 is 0 Å². The molecule has 0 aromatic rings. The molecule has 11 heavy (non-hydrogen) atoms. The van der Waals surface area contributed by atoms with Gasteiger partial charge < -0.3 is 10.0 Å². The molecule has 0 spiro atoms. The normalized spacial score (nSPS) is 26.2. The third kappa shape index (κ3) is 2.46. The van der Waals surface area contributed by atoms with Crippen LogP contribution >= 0.6 is 0 Å². The highest BCUT2D eigenvalue weighted by Crippen LogP contribution is 2.20. The highest BCUT2D eigenvalue weighted by molar-refractivity contribution is 4.77. The van der Waals surface area contributed by atoms with E-state index in [0.717, 1.165) is 12.5 Å². The van der Waals surface area contributed by atoms with Crippen LogP contribution in [0.25, 0.3) is 0 Å². The maximum atomic E-state index is 8.67. The van der Waals surface area contributed by atoms with Crippen LogP contribution in [-0.4, -0.2) is 35.7 Å². The van der Waals surface area contributed by atoms with Crippen LogP contribution in [-0.2, 0) is 0 Å². The summed E-state index contributed by atoms with van der Waals surface area (Å²) in [6.45, 7) is 5.02. The fraction of sp³-hybridized carbons (Fsp3) is 1.00. The summed E-state index contributed by atoms with van der Waals surface area (Å²) in [5.74, 6) is 0. The standard InChI is InChI=1S/C9H19NO/c1-2-10-7-3-5-9(10)6-4-8-11/h9,11H,2-8H2,1H3. The van der Waals surface area contributed by atoms with Gasteiger partial charge in [0.05, 0.1) is 0 Å². The van der Waals surface area contributed by atoms with Gasteiger partial charge in [0.15, 0.2) is 0 Å². The van der Waals surface area contributed by atoms with Crippen molar-refractivity contribution in [2.75, 3.05) is 19.7 Å². The molecule has 2 nitrogen and oxygen atoms in total. The van der Waals surface area contributed by atoms with Crippen molar-refractivity contribution < 1.29 is 5.11 Å². The molecular formula is C9H19NO. The van der Waals surface area contributed by atoms with Crippen molar-refractivity contribution in [1.82, 2.24) is 4.90 Å². The predicted octanol–water partition coefficient (Wildman–Crippen LogP) is 1.24. The van der Waals surface area contributed by atoms with E-state index in [0.29, 0.717) is 6.61 Å². The van der Waals surface area contributed by atoms with E-state index < -0.39 is 0 Å². The fourth-order valence-electron chi connectivity index (χ4n) is 1.97. The van der Waals surface area contributed by atoms with Gasteiger partial charge in [-0.25, -0.2) is 0 Å². The molecule has 66 valence electrons. The zero-order valence-electron chi connectivity index (χ0n) is 7.42. The summed E-state index contributed by atoms with van der Waals surface area (Å²) in [6, 6.07) is 0.771. The van der Waals surface area contributed by atoms with Gasteiger partial charge in [-0.1, -0.05) is 6.92 Å². The molecule has 0 aromatic carbocycles. The molecule has 0 amide bonds. The van der Waals surface area contributed by atoms with Crippen molar-refractivity contribution in [3.63, 3.8) is 0 Å². The van der Waals surface area contributed by atoms with Gasteiger partial charge in [-0.2, -0.15) is 0 Å². The second-order valence-electron chi connectivity index (χ2n) is 3.29. The summed E-state index contributed by atoms with van der Waals surface area (Å²) in [5, 5.41) is 8.67. The van der Waals surface area contributed by atoms with Crippen LogP contribution in [0.3, 0.4) is 0 Å². The van der Waals surface area contributed by atoms with Gasteiger partial charge in [0.2, 0.25) is 0 Å². The smallest absolute Gasteiger partial charge is 0.0431 e. The topological polar surface area (TPSA) is 23.5 Å². The highest BCUT2D eigenvalue weighted by Gasteiger charge is 2.21. The van der Waals surface area contributed by atoms with E-state index in [4.69, 9.17) is 5.11 Å². The molecule has 1 aliphatic heterocycles. The molecule has 1 rings (SSSR count). The lowest BCUT2D eigenvalue weighted by molar-refractivity contribution is 0.223. The molecule has 1 fully saturated rings. The molecule has 0 radical (unpaired) electrons. The van der Waals surface area contributed by atoms with Crippen LogP contribution in [0, 0.1) is 0 Å². The second-order valence-corrected chi connectivity index (χ2v) is 3.29. The molecule has 0 bridgehead atoms. The minimum Gasteiger partial charge on any atom is -0.396 e. The Morgan fingerprint density at radius 3 is 3.00 bits per heavy atom. The molecule has 0 aliphatic carbocycles. The van der Waals surface area contributed by atoms with Gasteiger partial charge in [-0.15, -0.1) is 0 Å². The molecule has 1 heterocycles. The Balaban J connectivity index is 2.20. The van der Waals surface area contributed by atoms with Crippen molar-refractivity contribution in [2.24, 2.45) is 0 Å². The summed E-state index contributed by atoms with van der Waals surface area (Å²) in [6.07, 6.45) is 4.85.